The lowest BCUT2D eigenvalue weighted by molar-refractivity contribution is -0.643. The van der Waals surface area contributed by atoms with Gasteiger partial charge in [-0.25, -0.2) is 8.96 Å². The molecular weight excluding hydrogens is 383 g/mol. The van der Waals surface area contributed by atoms with Crippen molar-refractivity contribution in [3.63, 3.8) is 0 Å². The Labute approximate surface area is 180 Å². The number of aryl methyl sites for hydroxylation is 3. The Morgan fingerprint density at radius 2 is 1.61 bits per heavy atom. The van der Waals surface area contributed by atoms with Gasteiger partial charge in [-0.2, -0.15) is 0 Å². The van der Waals surface area contributed by atoms with Crippen LogP contribution in [0.25, 0.3) is 49.0 Å². The highest BCUT2D eigenvalue weighted by Gasteiger charge is 2.28. The summed E-state index contributed by atoms with van der Waals surface area (Å²) in [5, 5.41) is 6.21. The topological polar surface area (TPSA) is 8.29 Å². The minimum Gasteiger partial charge on any atom is -0.307 e. The predicted octanol–water partition coefficient (Wildman–Crippen LogP) is 7.00. The number of hydrogen-bond donors (Lipinski definition) is 0. The quantitative estimate of drug-likeness (QED) is 0.157. The molecule has 6 aromatic rings. The molecule has 0 bridgehead atoms. The van der Waals surface area contributed by atoms with Crippen molar-refractivity contribution in [2.45, 2.75) is 40.5 Å². The summed E-state index contributed by atoms with van der Waals surface area (Å²) >= 11 is 0. The second-order valence-electron chi connectivity index (χ2n) is 9.35. The summed E-state index contributed by atoms with van der Waals surface area (Å²) in [7, 11) is 2.10. The fraction of sp³-hybridized carbons (Fsp3) is 0.250. The van der Waals surface area contributed by atoms with Crippen molar-refractivity contribution in [2.24, 2.45) is 7.05 Å². The van der Waals surface area contributed by atoms with Crippen LogP contribution < -0.4 is 4.57 Å². The maximum absolute atomic E-state index is 15.4. The van der Waals surface area contributed by atoms with E-state index in [1.54, 1.807) is 0 Å². The molecular formula is C28H26FN2+. The first-order chi connectivity index (χ1) is 14.8. The van der Waals surface area contributed by atoms with E-state index < -0.39 is 0 Å². The van der Waals surface area contributed by atoms with Crippen LogP contribution in [0.3, 0.4) is 0 Å². The lowest BCUT2D eigenvalue weighted by Crippen LogP contribution is -2.29. The summed E-state index contributed by atoms with van der Waals surface area (Å²) in [6, 6.07) is 13.2. The van der Waals surface area contributed by atoms with Gasteiger partial charge >= 0.3 is 0 Å². The zero-order chi connectivity index (χ0) is 21.8. The molecule has 3 aromatic heterocycles. The minimum atomic E-state index is -0.0968. The molecule has 154 valence electrons. The predicted molar refractivity (Wildman–Crippen MR) is 128 cm³/mol. The Kier molecular flexibility index (Phi) is 3.56. The van der Waals surface area contributed by atoms with Gasteiger partial charge in [0.15, 0.2) is 6.20 Å². The van der Waals surface area contributed by atoms with Crippen LogP contribution in [-0.4, -0.2) is 4.40 Å². The minimum absolute atomic E-state index is 0.0968. The second kappa shape index (κ2) is 5.94. The average Bonchev–Trinajstić information content (AvgIpc) is 3.11. The van der Waals surface area contributed by atoms with Crippen molar-refractivity contribution in [3.8, 4) is 0 Å². The molecule has 6 rings (SSSR count). The number of rotatable bonds is 1. The molecule has 0 saturated carbocycles. The number of pyridine rings is 2. The van der Waals surface area contributed by atoms with Crippen LogP contribution in [0.5, 0.6) is 0 Å². The van der Waals surface area contributed by atoms with Crippen molar-refractivity contribution >= 4 is 49.0 Å². The summed E-state index contributed by atoms with van der Waals surface area (Å²) in [6.45, 7) is 10.4. The molecule has 0 spiro atoms. The standard InChI is InChI=1S/C28H26FN2/c1-14(2)20-13-18-11-12-30(6)27-22-15(3)16(4)25(29)17(5)26(22)31-21-10-8-7-9-19(21)24(20)28(31)23(18)27/h7-14H,1-6H3/q+1. The van der Waals surface area contributed by atoms with Gasteiger partial charge in [-0.3, -0.25) is 0 Å². The summed E-state index contributed by atoms with van der Waals surface area (Å²) < 4.78 is 20.0. The van der Waals surface area contributed by atoms with Gasteiger partial charge in [0.2, 0.25) is 5.52 Å². The highest BCUT2D eigenvalue weighted by molar-refractivity contribution is 6.28. The van der Waals surface area contributed by atoms with Crippen LogP contribution in [0.1, 0.15) is 42.0 Å². The first-order valence-corrected chi connectivity index (χ1v) is 11.0. The van der Waals surface area contributed by atoms with Gasteiger partial charge in [-0.05, 0) is 60.9 Å². The number of fused-ring (bicyclic) bond motifs is 6. The third-order valence-electron chi connectivity index (χ3n) is 7.34. The van der Waals surface area contributed by atoms with Gasteiger partial charge in [-0.1, -0.05) is 32.0 Å². The molecule has 0 amide bonds. The van der Waals surface area contributed by atoms with Gasteiger partial charge in [0.25, 0.3) is 0 Å². The van der Waals surface area contributed by atoms with E-state index in [2.05, 4.69) is 79.4 Å². The Hall–Kier alpha value is -3.20. The highest BCUT2D eigenvalue weighted by atomic mass is 19.1. The first kappa shape index (κ1) is 18.6. The Bertz CT molecular complexity index is 1700. The van der Waals surface area contributed by atoms with E-state index in [-0.39, 0.29) is 5.82 Å². The van der Waals surface area contributed by atoms with Crippen LogP contribution in [0.4, 0.5) is 4.39 Å². The molecule has 0 aliphatic carbocycles. The van der Waals surface area contributed by atoms with Crippen molar-refractivity contribution in [2.75, 3.05) is 0 Å². The fourth-order valence-corrected chi connectivity index (χ4v) is 5.70. The Balaban J connectivity index is 2.16. The second-order valence-corrected chi connectivity index (χ2v) is 9.35. The van der Waals surface area contributed by atoms with Crippen molar-refractivity contribution in [1.82, 2.24) is 4.40 Å². The highest BCUT2D eigenvalue weighted by Crippen LogP contribution is 2.45. The SMILES string of the molecule is Cc1c(F)c(C)c2c(c1C)c1c3c(cc[n+]1C)cc(C(C)C)c1c4ccccc4n2c13. The molecule has 31 heavy (non-hydrogen) atoms. The Morgan fingerprint density at radius 3 is 2.35 bits per heavy atom. The molecule has 3 heterocycles. The monoisotopic (exact) mass is 409 g/mol. The van der Waals surface area contributed by atoms with Gasteiger partial charge in [-0.15, -0.1) is 0 Å². The molecule has 0 atom stereocenters. The fourth-order valence-electron chi connectivity index (χ4n) is 5.70. The Morgan fingerprint density at radius 1 is 0.871 bits per heavy atom. The number of para-hydroxylation sites is 1. The number of benzene rings is 3. The zero-order valence-corrected chi connectivity index (χ0v) is 18.9. The molecule has 0 unspecified atom stereocenters. The molecule has 0 aliphatic heterocycles. The van der Waals surface area contributed by atoms with Crippen molar-refractivity contribution < 1.29 is 8.96 Å². The van der Waals surface area contributed by atoms with E-state index in [1.807, 2.05) is 13.8 Å². The van der Waals surface area contributed by atoms with E-state index in [4.69, 9.17) is 0 Å². The van der Waals surface area contributed by atoms with Gasteiger partial charge in [0.05, 0.1) is 27.3 Å². The lowest BCUT2D eigenvalue weighted by atomic mass is 9.91. The van der Waals surface area contributed by atoms with E-state index in [0.717, 1.165) is 33.1 Å². The molecule has 0 aliphatic rings. The molecule has 3 aromatic carbocycles. The number of aromatic nitrogens is 2. The zero-order valence-electron chi connectivity index (χ0n) is 18.9. The van der Waals surface area contributed by atoms with Crippen LogP contribution in [0, 0.1) is 26.6 Å². The third kappa shape index (κ3) is 2.09. The average molecular weight is 410 g/mol. The van der Waals surface area contributed by atoms with Crippen LogP contribution >= 0.6 is 0 Å². The smallest absolute Gasteiger partial charge is 0.224 e. The summed E-state index contributed by atoms with van der Waals surface area (Å²) in [5.74, 6) is 0.292. The molecule has 0 radical (unpaired) electrons. The number of halogens is 1. The third-order valence-corrected chi connectivity index (χ3v) is 7.34. The summed E-state index contributed by atoms with van der Waals surface area (Å²) in [6.07, 6.45) is 2.14. The molecule has 0 N–H and O–H groups in total. The van der Waals surface area contributed by atoms with E-state index in [1.165, 1.54) is 38.1 Å². The molecule has 3 heteroatoms. The maximum Gasteiger partial charge on any atom is 0.224 e. The number of nitrogens with zero attached hydrogens (tertiary/aromatic N) is 2. The summed E-state index contributed by atoms with van der Waals surface area (Å²) in [5.41, 5.74) is 8.37. The van der Waals surface area contributed by atoms with Crippen molar-refractivity contribution in [1.29, 1.82) is 0 Å². The largest absolute Gasteiger partial charge is 0.307 e. The maximum atomic E-state index is 15.4. The van der Waals surface area contributed by atoms with Crippen LogP contribution in [-0.2, 0) is 7.05 Å². The lowest BCUT2D eigenvalue weighted by Gasteiger charge is -2.18. The first-order valence-electron chi connectivity index (χ1n) is 11.0. The van der Waals surface area contributed by atoms with Gasteiger partial charge in [0, 0.05) is 22.4 Å². The van der Waals surface area contributed by atoms with Crippen LogP contribution in [0.2, 0.25) is 0 Å². The normalized spacial score (nSPS) is 12.6. The van der Waals surface area contributed by atoms with E-state index >= 15 is 4.39 Å². The molecule has 2 nitrogen and oxygen atoms in total. The van der Waals surface area contributed by atoms with Crippen LogP contribution in [0.15, 0.2) is 42.6 Å². The summed E-state index contributed by atoms with van der Waals surface area (Å²) in [4.78, 5) is 0. The van der Waals surface area contributed by atoms with Gasteiger partial charge in [0.1, 0.15) is 12.9 Å². The van der Waals surface area contributed by atoms with E-state index in [9.17, 15) is 0 Å². The van der Waals surface area contributed by atoms with Gasteiger partial charge < -0.3 is 4.40 Å². The molecule has 0 saturated heterocycles. The number of hydrogen-bond acceptors (Lipinski definition) is 0. The molecule has 0 fully saturated rings. The van der Waals surface area contributed by atoms with E-state index in [0.29, 0.717) is 5.92 Å². The van der Waals surface area contributed by atoms with Crippen molar-refractivity contribution in [3.05, 3.63) is 70.7 Å².